The fraction of sp³-hybridized carbons (Fsp3) is 0.600. The lowest BCUT2D eigenvalue weighted by molar-refractivity contribution is 0.247. The van der Waals surface area contributed by atoms with Gasteiger partial charge in [0.1, 0.15) is 0 Å². The van der Waals surface area contributed by atoms with Crippen LogP contribution in [0.4, 0.5) is 4.39 Å². The number of nitrogens with one attached hydrogen (secondary N) is 1. The van der Waals surface area contributed by atoms with E-state index < -0.39 is 5.82 Å². The summed E-state index contributed by atoms with van der Waals surface area (Å²) in [5.74, 6) is 0.726. The zero-order valence-electron chi connectivity index (χ0n) is 11.0. The number of phenols is 1. The molecule has 2 rings (SSSR count). The van der Waals surface area contributed by atoms with Crippen LogP contribution in [0.25, 0.3) is 0 Å². The number of rotatable bonds is 4. The molecular weight excluding hydrogens is 229 g/mol. The summed E-state index contributed by atoms with van der Waals surface area (Å²) in [6.45, 7) is 3.80. The van der Waals surface area contributed by atoms with Crippen molar-refractivity contribution in [2.75, 3.05) is 6.54 Å². The molecule has 1 fully saturated rings. The van der Waals surface area contributed by atoms with E-state index >= 15 is 0 Å². The van der Waals surface area contributed by atoms with E-state index in [9.17, 15) is 9.50 Å². The third-order valence-corrected chi connectivity index (χ3v) is 4.08. The molecule has 0 spiro atoms. The van der Waals surface area contributed by atoms with Gasteiger partial charge in [0, 0.05) is 12.1 Å². The van der Waals surface area contributed by atoms with Crippen molar-refractivity contribution >= 4 is 0 Å². The first-order valence-electron chi connectivity index (χ1n) is 6.85. The molecule has 2 nitrogen and oxygen atoms in total. The predicted octanol–water partition coefficient (Wildman–Crippen LogP) is 3.45. The molecule has 0 heterocycles. The molecule has 1 saturated carbocycles. The minimum absolute atomic E-state index is 0.221. The molecule has 2 atom stereocenters. The van der Waals surface area contributed by atoms with Crippen LogP contribution in [-0.2, 0) is 6.54 Å². The SMILES string of the molecule is CC1CCCCC1CNCc1cccc(F)c1O. The van der Waals surface area contributed by atoms with Crippen LogP contribution < -0.4 is 5.32 Å². The van der Waals surface area contributed by atoms with Gasteiger partial charge >= 0.3 is 0 Å². The normalized spacial score (nSPS) is 24.1. The summed E-state index contributed by atoms with van der Waals surface area (Å²) in [6, 6.07) is 4.67. The first-order chi connectivity index (χ1) is 8.68. The molecule has 0 saturated heterocycles. The van der Waals surface area contributed by atoms with E-state index in [0.717, 1.165) is 18.4 Å². The number of aromatic hydroxyl groups is 1. The van der Waals surface area contributed by atoms with Crippen molar-refractivity contribution in [2.45, 2.75) is 39.2 Å². The highest BCUT2D eigenvalue weighted by molar-refractivity contribution is 5.33. The zero-order chi connectivity index (χ0) is 13.0. The van der Waals surface area contributed by atoms with Crippen LogP contribution in [0.1, 0.15) is 38.2 Å². The number of hydrogen-bond acceptors (Lipinski definition) is 2. The van der Waals surface area contributed by atoms with Crippen molar-refractivity contribution in [3.8, 4) is 5.75 Å². The van der Waals surface area contributed by atoms with Crippen LogP contribution in [0.15, 0.2) is 18.2 Å². The molecule has 0 radical (unpaired) electrons. The van der Waals surface area contributed by atoms with E-state index in [4.69, 9.17) is 0 Å². The van der Waals surface area contributed by atoms with Gasteiger partial charge in [-0.1, -0.05) is 38.3 Å². The Kier molecular flexibility index (Phi) is 4.59. The van der Waals surface area contributed by atoms with Crippen LogP contribution in [0.3, 0.4) is 0 Å². The summed E-state index contributed by atoms with van der Waals surface area (Å²) >= 11 is 0. The molecule has 1 aliphatic carbocycles. The Balaban J connectivity index is 1.83. The number of hydrogen-bond donors (Lipinski definition) is 2. The van der Waals surface area contributed by atoms with E-state index in [-0.39, 0.29) is 5.75 Å². The lowest BCUT2D eigenvalue weighted by Gasteiger charge is -2.28. The predicted molar refractivity (Wildman–Crippen MR) is 70.9 cm³/mol. The number of benzene rings is 1. The lowest BCUT2D eigenvalue weighted by atomic mass is 9.80. The van der Waals surface area contributed by atoms with Crippen molar-refractivity contribution in [1.29, 1.82) is 0 Å². The van der Waals surface area contributed by atoms with Gasteiger partial charge in [-0.25, -0.2) is 4.39 Å². The Morgan fingerprint density at radius 2 is 2.11 bits per heavy atom. The monoisotopic (exact) mass is 251 g/mol. The Labute approximate surface area is 108 Å². The Bertz CT molecular complexity index is 394. The molecule has 1 aliphatic rings. The van der Waals surface area contributed by atoms with E-state index in [1.807, 2.05) is 0 Å². The Morgan fingerprint density at radius 1 is 1.33 bits per heavy atom. The van der Waals surface area contributed by atoms with Gasteiger partial charge in [-0.3, -0.25) is 0 Å². The average molecular weight is 251 g/mol. The maximum absolute atomic E-state index is 13.1. The molecule has 0 bridgehead atoms. The Morgan fingerprint density at radius 3 is 2.89 bits per heavy atom. The fourth-order valence-electron chi connectivity index (χ4n) is 2.79. The minimum Gasteiger partial charge on any atom is -0.505 e. The maximum Gasteiger partial charge on any atom is 0.165 e. The second-order valence-corrected chi connectivity index (χ2v) is 5.40. The minimum atomic E-state index is -0.541. The highest BCUT2D eigenvalue weighted by Crippen LogP contribution is 2.29. The summed E-state index contributed by atoms with van der Waals surface area (Å²) in [5, 5.41) is 12.9. The van der Waals surface area contributed by atoms with Gasteiger partial charge in [0.2, 0.25) is 0 Å². The van der Waals surface area contributed by atoms with Crippen LogP contribution >= 0.6 is 0 Å². The van der Waals surface area contributed by atoms with Gasteiger partial charge in [-0.2, -0.15) is 0 Å². The molecule has 0 aliphatic heterocycles. The van der Waals surface area contributed by atoms with Crippen LogP contribution in [0, 0.1) is 17.7 Å². The van der Waals surface area contributed by atoms with Crippen LogP contribution in [0.2, 0.25) is 0 Å². The molecule has 2 unspecified atom stereocenters. The van der Waals surface area contributed by atoms with Gasteiger partial charge < -0.3 is 10.4 Å². The first-order valence-corrected chi connectivity index (χ1v) is 6.85. The highest BCUT2D eigenvalue weighted by atomic mass is 19.1. The lowest BCUT2D eigenvalue weighted by Crippen LogP contribution is -2.29. The molecule has 2 N–H and O–H groups in total. The standard InChI is InChI=1S/C15H22FNO/c1-11-5-2-3-6-12(11)9-17-10-13-7-4-8-14(16)15(13)18/h4,7-8,11-12,17-18H,2-3,5-6,9-10H2,1H3. The topological polar surface area (TPSA) is 32.3 Å². The summed E-state index contributed by atoms with van der Waals surface area (Å²) < 4.78 is 13.1. The third-order valence-electron chi connectivity index (χ3n) is 4.08. The van der Waals surface area contributed by atoms with Crippen molar-refractivity contribution in [2.24, 2.45) is 11.8 Å². The van der Waals surface area contributed by atoms with Crippen molar-refractivity contribution < 1.29 is 9.50 Å². The number of halogens is 1. The summed E-state index contributed by atoms with van der Waals surface area (Å²) in [5.41, 5.74) is 0.637. The quantitative estimate of drug-likeness (QED) is 0.859. The summed E-state index contributed by atoms with van der Waals surface area (Å²) in [4.78, 5) is 0. The van der Waals surface area contributed by atoms with Crippen molar-refractivity contribution in [1.82, 2.24) is 5.32 Å². The van der Waals surface area contributed by atoms with E-state index in [2.05, 4.69) is 12.2 Å². The first kappa shape index (κ1) is 13.3. The van der Waals surface area contributed by atoms with Crippen molar-refractivity contribution in [3.05, 3.63) is 29.6 Å². The summed E-state index contributed by atoms with van der Waals surface area (Å²) in [6.07, 6.45) is 5.27. The maximum atomic E-state index is 13.1. The zero-order valence-corrected chi connectivity index (χ0v) is 11.0. The second kappa shape index (κ2) is 6.19. The molecule has 0 aromatic heterocycles. The smallest absolute Gasteiger partial charge is 0.165 e. The molecular formula is C15H22FNO. The van der Waals surface area contributed by atoms with Gasteiger partial charge in [0.25, 0.3) is 0 Å². The number of para-hydroxylation sites is 1. The van der Waals surface area contributed by atoms with Crippen LogP contribution in [0.5, 0.6) is 5.75 Å². The molecule has 18 heavy (non-hydrogen) atoms. The molecule has 1 aromatic carbocycles. The molecule has 1 aromatic rings. The van der Waals surface area contributed by atoms with Crippen molar-refractivity contribution in [3.63, 3.8) is 0 Å². The highest BCUT2D eigenvalue weighted by Gasteiger charge is 2.20. The second-order valence-electron chi connectivity index (χ2n) is 5.40. The summed E-state index contributed by atoms with van der Waals surface area (Å²) in [7, 11) is 0. The average Bonchev–Trinajstić information content (AvgIpc) is 2.37. The van der Waals surface area contributed by atoms with Crippen LogP contribution in [-0.4, -0.2) is 11.7 Å². The van der Waals surface area contributed by atoms with E-state index in [0.29, 0.717) is 12.1 Å². The largest absolute Gasteiger partial charge is 0.505 e. The molecule has 3 heteroatoms. The van der Waals surface area contributed by atoms with Gasteiger partial charge in [-0.15, -0.1) is 0 Å². The van der Waals surface area contributed by atoms with Gasteiger partial charge in [-0.05, 0) is 30.9 Å². The molecule has 100 valence electrons. The van der Waals surface area contributed by atoms with E-state index in [1.54, 1.807) is 12.1 Å². The van der Waals surface area contributed by atoms with E-state index in [1.165, 1.54) is 31.7 Å². The fourth-order valence-corrected chi connectivity index (χ4v) is 2.79. The van der Waals surface area contributed by atoms with Gasteiger partial charge in [0.05, 0.1) is 0 Å². The molecule has 0 amide bonds. The third kappa shape index (κ3) is 3.22. The van der Waals surface area contributed by atoms with Gasteiger partial charge in [0.15, 0.2) is 11.6 Å². The number of phenolic OH excluding ortho intramolecular Hbond substituents is 1. The Hall–Kier alpha value is -1.09.